The molecule has 0 N–H and O–H groups in total. The molecule has 142 heavy (non-hydrogen) atoms. The molecule has 0 aliphatic carbocycles. The second-order valence-corrected chi connectivity index (χ2v) is 38.3. The third-order valence-corrected chi connectivity index (χ3v) is 27.1. The zero-order valence-corrected chi connectivity index (χ0v) is 83.0. The van der Waals surface area contributed by atoms with Crippen LogP contribution < -0.4 is 37.9 Å². The number of ether oxygens (including phenoxy) is 10. The largest absolute Gasteiger partial charge is 0.496 e. The zero-order valence-electron chi connectivity index (χ0n) is 83.0. The average Bonchev–Trinajstić information content (AvgIpc) is 1.56. The number of allylic oxidation sites excluding steroid dienone is 2. The summed E-state index contributed by atoms with van der Waals surface area (Å²) in [5.41, 5.74) is 19.0. The number of hydrogen-bond acceptors (Lipinski definition) is 14. The van der Waals surface area contributed by atoms with Gasteiger partial charge in [-0.2, -0.15) is 0 Å². The Hall–Kier alpha value is -16.0. The van der Waals surface area contributed by atoms with E-state index in [9.17, 15) is 19.2 Å². The molecular formula is C128H116O14. The summed E-state index contributed by atoms with van der Waals surface area (Å²) in [4.78, 5) is 53.0. The second kappa shape index (κ2) is 42.0. The predicted octanol–water partition coefficient (Wildman–Crippen LogP) is 32.0. The van der Waals surface area contributed by atoms with E-state index in [-0.39, 0.29) is 69.2 Å². The van der Waals surface area contributed by atoms with Crippen molar-refractivity contribution < 1.29 is 66.5 Å². The quantitative estimate of drug-likeness (QED) is 0.0276. The number of carbonyl (C=O) groups is 4. The molecule has 0 bridgehead atoms. The van der Waals surface area contributed by atoms with Crippen molar-refractivity contribution in [2.75, 3.05) is 14.2 Å². The van der Waals surface area contributed by atoms with Gasteiger partial charge in [0.25, 0.3) is 0 Å². The molecule has 2 saturated heterocycles. The molecule has 18 rings (SSSR count). The lowest BCUT2D eigenvalue weighted by Crippen LogP contribution is -2.19. The van der Waals surface area contributed by atoms with Crippen molar-refractivity contribution in [1.82, 2.24) is 0 Å². The molecular weight excluding hydrogens is 1760 g/mol. The monoisotopic (exact) mass is 1880 g/mol. The van der Waals surface area contributed by atoms with Gasteiger partial charge in [-0.25, -0.2) is 0 Å². The molecule has 712 valence electrons. The van der Waals surface area contributed by atoms with Gasteiger partial charge >= 0.3 is 0 Å². The summed E-state index contributed by atoms with van der Waals surface area (Å²) < 4.78 is 60.6. The molecule has 4 atom stereocenters. The number of benzene rings is 16. The zero-order chi connectivity index (χ0) is 99.7. The molecule has 2 aliphatic heterocycles. The van der Waals surface area contributed by atoms with Crippen molar-refractivity contribution >= 4 is 35.3 Å². The molecule has 4 unspecified atom stereocenters. The molecule has 16 aromatic carbocycles. The van der Waals surface area contributed by atoms with Crippen LogP contribution in [-0.4, -0.2) is 49.6 Å². The standard InChI is InChI=1S/C64H58O8.C64H58O6/c1-39-9-11-42(12-10-39)59(65)43-13-25-50(26-14-43)70-52-31-19-46(20-32-52)63(4,5)47-21-33-53(34-22-47)71-51-27-15-44(16-28-51)60(66)45-17-29-54(30-18-45)72-58-36-24-49(38-56(58)62-41(3)69-62)64(6,7)48-23-35-57(67-8)55(37-48)61-40(2)68-61;1-9-11-48-41-52(27-39-59(48)67-8)64(6,7)53-28-40-60(49(42-53)12-10-2)70-58-33-21-47(22-34-58)62(66)46-19-31-55(32-20-46)69-57-37-25-51(26-38-57)63(4,5)50-23-35-56(36-24-50)68-54-29-17-45(18-30-54)61(65)44-15-13-43(3)14-16-44/h9-38,40-41,61-62H,1-8H3;9-42H,1-8H3/b;11-9-,12-10-. The van der Waals surface area contributed by atoms with Crippen LogP contribution >= 0.6 is 0 Å². The molecule has 2 heterocycles. The summed E-state index contributed by atoms with van der Waals surface area (Å²) in [6, 6.07) is 116. The van der Waals surface area contributed by atoms with Gasteiger partial charge in [0, 0.05) is 88.4 Å². The van der Waals surface area contributed by atoms with Crippen molar-refractivity contribution in [2.24, 2.45) is 0 Å². The number of ketones is 4. The van der Waals surface area contributed by atoms with Gasteiger partial charge < -0.3 is 47.4 Å². The smallest absolute Gasteiger partial charge is 0.193 e. The number of hydrogen-bond donors (Lipinski definition) is 0. The Kier molecular flexibility index (Phi) is 28.9. The normalized spacial score (nSPS) is 14.5. The molecule has 2 aliphatic rings. The maximum absolute atomic E-state index is 13.6. The Morgan fingerprint density at radius 1 is 0.239 bits per heavy atom. The first-order valence-electron chi connectivity index (χ1n) is 48.0. The topological polar surface area (TPSA) is 167 Å². The van der Waals surface area contributed by atoms with E-state index in [2.05, 4.69) is 178 Å². The summed E-state index contributed by atoms with van der Waals surface area (Å²) in [6.07, 6.45) is 8.38. The summed E-state index contributed by atoms with van der Waals surface area (Å²) in [7, 11) is 3.39. The summed E-state index contributed by atoms with van der Waals surface area (Å²) in [5, 5.41) is 0. The van der Waals surface area contributed by atoms with Crippen molar-refractivity contribution in [1.29, 1.82) is 0 Å². The van der Waals surface area contributed by atoms with Gasteiger partial charge in [0.2, 0.25) is 0 Å². The molecule has 14 heteroatoms. The van der Waals surface area contributed by atoms with Gasteiger partial charge in [-0.1, -0.05) is 212 Å². The third-order valence-electron chi connectivity index (χ3n) is 27.1. The van der Waals surface area contributed by atoms with Crippen molar-refractivity contribution in [3.8, 4) is 80.5 Å². The first-order valence-corrected chi connectivity index (χ1v) is 48.0. The Bertz CT molecular complexity index is 7280. The van der Waals surface area contributed by atoms with Gasteiger partial charge in [-0.3, -0.25) is 19.2 Å². The van der Waals surface area contributed by atoms with Crippen LogP contribution in [0.25, 0.3) is 12.2 Å². The van der Waals surface area contributed by atoms with E-state index in [4.69, 9.17) is 47.4 Å². The van der Waals surface area contributed by atoms with Crippen molar-refractivity contribution in [2.45, 2.75) is 143 Å². The minimum atomic E-state index is -0.321. The van der Waals surface area contributed by atoms with Crippen LogP contribution in [0.5, 0.6) is 80.5 Å². The van der Waals surface area contributed by atoms with Gasteiger partial charge in [0.05, 0.1) is 26.4 Å². The van der Waals surface area contributed by atoms with Crippen LogP contribution in [0.2, 0.25) is 0 Å². The average molecular weight is 1880 g/mol. The van der Waals surface area contributed by atoms with Crippen molar-refractivity contribution in [3.63, 3.8) is 0 Å². The summed E-state index contributed by atoms with van der Waals surface area (Å²) in [6.45, 7) is 29.8. The van der Waals surface area contributed by atoms with Crippen LogP contribution in [0.1, 0.15) is 237 Å². The van der Waals surface area contributed by atoms with E-state index in [0.29, 0.717) is 102 Å². The first kappa shape index (κ1) is 97.6. The Balaban J connectivity index is 0.000000195. The highest BCUT2D eigenvalue weighted by Gasteiger charge is 2.42. The highest BCUT2D eigenvalue weighted by molar-refractivity contribution is 6.11. The lowest BCUT2D eigenvalue weighted by Gasteiger charge is -2.28. The molecule has 2 fully saturated rings. The minimum absolute atomic E-state index is 0.0186. The Morgan fingerprint density at radius 2 is 0.430 bits per heavy atom. The molecule has 0 radical (unpaired) electrons. The third kappa shape index (κ3) is 22.3. The molecule has 14 nitrogen and oxygen atoms in total. The number of carbonyl (C=O) groups excluding carboxylic acids is 4. The number of methoxy groups -OCH3 is 2. The van der Waals surface area contributed by atoms with Gasteiger partial charge in [0.1, 0.15) is 92.7 Å². The minimum Gasteiger partial charge on any atom is -0.496 e. The molecule has 0 aromatic heterocycles. The van der Waals surface area contributed by atoms with E-state index in [0.717, 1.165) is 89.8 Å². The highest BCUT2D eigenvalue weighted by Crippen LogP contribution is 2.50. The lowest BCUT2D eigenvalue weighted by molar-refractivity contribution is 0.103. The highest BCUT2D eigenvalue weighted by atomic mass is 16.6. The van der Waals surface area contributed by atoms with Gasteiger partial charge in [-0.05, 0) is 329 Å². The SMILES string of the molecule is C/C=C\c1cc(C(C)(C)c2ccc(Oc3ccc(C(=O)c4ccc(Oc5ccc(C(C)(C)c6ccc(Oc7ccc(C(=O)c8ccc(C)cc8)cc7)cc6)cc5)cc4)cc3)c(/C=C\C)c2)ccc1OC.COc1ccc(C(C)(C)c2ccc(Oc3ccc(C(=O)c4ccc(Oc5ccc(C(C)(C)c6ccc(Oc7ccc(C(=O)c8ccc(C)cc8)cc7)cc6)cc5)cc4)cc3)c(C3OC3C)c2)cc1C1OC1C. The fourth-order valence-electron chi connectivity index (χ4n) is 17.7. The van der Waals surface area contributed by atoms with Crippen LogP contribution in [0.15, 0.2) is 376 Å². The first-order chi connectivity index (χ1) is 68.4. The molecule has 0 spiro atoms. The molecule has 0 saturated carbocycles. The maximum atomic E-state index is 13.6. The van der Waals surface area contributed by atoms with Crippen LogP contribution in [-0.2, 0) is 31.1 Å². The summed E-state index contributed by atoms with van der Waals surface area (Å²) in [5.74, 6) is 9.51. The van der Waals surface area contributed by atoms with E-state index >= 15 is 0 Å². The van der Waals surface area contributed by atoms with E-state index in [1.807, 2.05) is 234 Å². The van der Waals surface area contributed by atoms with Gasteiger partial charge in [-0.15, -0.1) is 0 Å². The fraction of sp³-hybridized carbons (Fsp3) is 0.188. The predicted molar refractivity (Wildman–Crippen MR) is 564 cm³/mol. The number of rotatable bonds is 34. The van der Waals surface area contributed by atoms with Crippen LogP contribution in [0.3, 0.4) is 0 Å². The van der Waals surface area contributed by atoms with E-state index in [1.165, 1.54) is 11.1 Å². The fourth-order valence-corrected chi connectivity index (χ4v) is 17.7. The number of aryl methyl sites for hydroxylation is 2. The van der Waals surface area contributed by atoms with Crippen molar-refractivity contribution in [3.05, 3.63) is 499 Å². The van der Waals surface area contributed by atoms with E-state index < -0.39 is 0 Å². The van der Waals surface area contributed by atoms with E-state index in [1.54, 1.807) is 87.0 Å². The maximum Gasteiger partial charge on any atom is 0.193 e. The summed E-state index contributed by atoms with van der Waals surface area (Å²) >= 11 is 0. The van der Waals surface area contributed by atoms with Crippen LogP contribution in [0.4, 0.5) is 0 Å². The van der Waals surface area contributed by atoms with Crippen LogP contribution in [0, 0.1) is 13.8 Å². The lowest BCUT2D eigenvalue weighted by atomic mass is 9.76. The Morgan fingerprint density at radius 3 is 0.683 bits per heavy atom. The number of epoxide rings is 2. The Labute approximate surface area is 832 Å². The molecule has 16 aromatic rings. The van der Waals surface area contributed by atoms with Gasteiger partial charge in [0.15, 0.2) is 23.1 Å². The molecule has 0 amide bonds. The second-order valence-electron chi connectivity index (χ2n) is 38.3.